The first-order valence-electron chi connectivity index (χ1n) is 8.72. The number of nitrogens with zero attached hydrogens (tertiary/aromatic N) is 2. The molecule has 4 aromatic rings. The maximum Gasteiger partial charge on any atom is 0.260 e. The van der Waals surface area contributed by atoms with E-state index in [0.717, 1.165) is 9.17 Å². The second kappa shape index (κ2) is 8.26. The summed E-state index contributed by atoms with van der Waals surface area (Å²) in [5, 5.41) is 0.534. The van der Waals surface area contributed by atoms with Gasteiger partial charge in [-0.25, -0.2) is 4.98 Å². The fraction of sp³-hybridized carbons (Fsp3) is 0.143. The molecule has 0 spiro atoms. The monoisotopic (exact) mass is 472 g/mol. The predicted molar refractivity (Wildman–Crippen MR) is 116 cm³/mol. The van der Waals surface area contributed by atoms with Crippen molar-refractivity contribution in [1.82, 2.24) is 4.98 Å². The number of benzene rings is 2. The zero-order chi connectivity index (χ0) is 20.4. The van der Waals surface area contributed by atoms with Gasteiger partial charge in [0.15, 0.2) is 5.13 Å². The number of furan rings is 1. The molecule has 2 aromatic heterocycles. The topological polar surface area (TPSA) is 64.8 Å². The lowest BCUT2D eigenvalue weighted by Crippen LogP contribution is -2.30. The first-order chi connectivity index (χ1) is 14.1. The highest BCUT2D eigenvalue weighted by molar-refractivity contribution is 9.10. The lowest BCUT2D eigenvalue weighted by Gasteiger charge is -2.18. The predicted octanol–water partition coefficient (Wildman–Crippen LogP) is 5.52. The van der Waals surface area contributed by atoms with Crippen LogP contribution in [0, 0.1) is 0 Å². The minimum atomic E-state index is -0.175. The second-order valence-corrected chi connectivity index (χ2v) is 8.02. The SMILES string of the molecule is COc1ccc(OC)c2sc(N(Cc3ccco3)C(=O)c3ccc(Br)cc3)nc12. The van der Waals surface area contributed by atoms with Crippen molar-refractivity contribution in [2.45, 2.75) is 6.54 Å². The number of fused-ring (bicyclic) bond motifs is 1. The molecule has 0 aliphatic heterocycles. The Morgan fingerprint density at radius 2 is 1.83 bits per heavy atom. The van der Waals surface area contributed by atoms with E-state index in [9.17, 15) is 4.79 Å². The number of methoxy groups -OCH3 is 2. The summed E-state index contributed by atoms with van der Waals surface area (Å²) in [5.74, 6) is 1.79. The van der Waals surface area contributed by atoms with Crippen LogP contribution in [0.4, 0.5) is 5.13 Å². The smallest absolute Gasteiger partial charge is 0.260 e. The quantitative estimate of drug-likeness (QED) is 0.369. The fourth-order valence-corrected chi connectivity index (χ4v) is 4.26. The third-order valence-electron chi connectivity index (χ3n) is 4.36. The number of carbonyl (C=O) groups excluding carboxylic acids is 1. The first kappa shape index (κ1) is 19.5. The summed E-state index contributed by atoms with van der Waals surface area (Å²) in [4.78, 5) is 19.6. The third-order valence-corrected chi connectivity index (χ3v) is 5.98. The molecule has 8 heteroatoms. The Hall–Kier alpha value is -2.84. The number of hydrogen-bond acceptors (Lipinski definition) is 6. The molecule has 0 radical (unpaired) electrons. The Kier molecular flexibility index (Phi) is 5.55. The van der Waals surface area contributed by atoms with Crippen molar-refractivity contribution in [1.29, 1.82) is 0 Å². The third kappa shape index (κ3) is 3.86. The number of halogens is 1. The van der Waals surface area contributed by atoms with E-state index in [0.29, 0.717) is 33.5 Å². The van der Waals surface area contributed by atoms with Crippen LogP contribution in [0.25, 0.3) is 10.2 Å². The van der Waals surface area contributed by atoms with Gasteiger partial charge in [0, 0.05) is 10.0 Å². The minimum Gasteiger partial charge on any atom is -0.495 e. The lowest BCUT2D eigenvalue weighted by atomic mass is 10.2. The molecule has 4 rings (SSSR count). The molecule has 0 aliphatic carbocycles. The van der Waals surface area contributed by atoms with E-state index in [4.69, 9.17) is 18.9 Å². The van der Waals surface area contributed by atoms with Crippen LogP contribution in [0.5, 0.6) is 11.5 Å². The number of carbonyl (C=O) groups is 1. The van der Waals surface area contributed by atoms with Crippen LogP contribution in [-0.2, 0) is 6.54 Å². The highest BCUT2D eigenvalue weighted by Gasteiger charge is 2.24. The van der Waals surface area contributed by atoms with E-state index in [1.807, 2.05) is 24.3 Å². The van der Waals surface area contributed by atoms with Crippen molar-refractivity contribution in [3.05, 3.63) is 70.6 Å². The van der Waals surface area contributed by atoms with Crippen LogP contribution in [0.2, 0.25) is 0 Å². The van der Waals surface area contributed by atoms with E-state index in [1.54, 1.807) is 49.6 Å². The molecule has 0 atom stereocenters. The Morgan fingerprint density at radius 3 is 2.48 bits per heavy atom. The molecule has 0 aliphatic rings. The molecule has 0 fully saturated rings. The Balaban J connectivity index is 1.82. The highest BCUT2D eigenvalue weighted by Crippen LogP contribution is 2.40. The molecule has 29 heavy (non-hydrogen) atoms. The number of amides is 1. The average molecular weight is 473 g/mol. The number of thiazole rings is 1. The van der Waals surface area contributed by atoms with E-state index >= 15 is 0 Å². The van der Waals surface area contributed by atoms with Crippen LogP contribution in [0.3, 0.4) is 0 Å². The number of anilines is 1. The Labute approximate surface area is 179 Å². The fourth-order valence-electron chi connectivity index (χ4n) is 2.92. The lowest BCUT2D eigenvalue weighted by molar-refractivity contribution is 0.0983. The molecule has 0 N–H and O–H groups in total. The molecular weight excluding hydrogens is 456 g/mol. The van der Waals surface area contributed by atoms with Crippen LogP contribution in [-0.4, -0.2) is 25.1 Å². The normalized spacial score (nSPS) is 10.9. The molecule has 2 heterocycles. The summed E-state index contributed by atoms with van der Waals surface area (Å²) >= 11 is 4.77. The number of hydrogen-bond donors (Lipinski definition) is 0. The van der Waals surface area contributed by atoms with Gasteiger partial charge < -0.3 is 13.9 Å². The molecule has 2 aromatic carbocycles. The van der Waals surface area contributed by atoms with Crippen molar-refractivity contribution in [2.75, 3.05) is 19.1 Å². The van der Waals surface area contributed by atoms with Gasteiger partial charge in [-0.15, -0.1) is 0 Å². The summed E-state index contributed by atoms with van der Waals surface area (Å²) in [5.41, 5.74) is 1.21. The maximum absolute atomic E-state index is 13.3. The maximum atomic E-state index is 13.3. The molecule has 1 amide bonds. The van der Waals surface area contributed by atoms with Gasteiger partial charge in [-0.2, -0.15) is 0 Å². The minimum absolute atomic E-state index is 0.175. The van der Waals surface area contributed by atoms with Crippen LogP contribution in [0.15, 0.2) is 63.7 Å². The zero-order valence-electron chi connectivity index (χ0n) is 15.7. The van der Waals surface area contributed by atoms with Gasteiger partial charge in [-0.1, -0.05) is 27.3 Å². The van der Waals surface area contributed by atoms with Crippen molar-refractivity contribution < 1.29 is 18.7 Å². The van der Waals surface area contributed by atoms with Gasteiger partial charge in [0.25, 0.3) is 5.91 Å². The van der Waals surface area contributed by atoms with E-state index in [2.05, 4.69) is 15.9 Å². The van der Waals surface area contributed by atoms with Crippen LogP contribution < -0.4 is 14.4 Å². The van der Waals surface area contributed by atoms with E-state index < -0.39 is 0 Å². The van der Waals surface area contributed by atoms with Gasteiger partial charge in [0.1, 0.15) is 27.5 Å². The van der Waals surface area contributed by atoms with E-state index in [1.165, 1.54) is 11.3 Å². The first-order valence-corrected chi connectivity index (χ1v) is 10.3. The summed E-state index contributed by atoms with van der Waals surface area (Å²) in [6.07, 6.45) is 1.59. The summed E-state index contributed by atoms with van der Waals surface area (Å²) < 4.78 is 18.1. The molecule has 0 bridgehead atoms. The number of aromatic nitrogens is 1. The van der Waals surface area contributed by atoms with Crippen molar-refractivity contribution >= 4 is 48.5 Å². The van der Waals surface area contributed by atoms with Gasteiger partial charge in [-0.05, 0) is 48.5 Å². The van der Waals surface area contributed by atoms with Gasteiger partial charge >= 0.3 is 0 Å². The van der Waals surface area contributed by atoms with Crippen molar-refractivity contribution in [2.24, 2.45) is 0 Å². The summed E-state index contributed by atoms with van der Waals surface area (Å²) in [6.45, 7) is 0.256. The van der Waals surface area contributed by atoms with Gasteiger partial charge in [0.2, 0.25) is 0 Å². The Morgan fingerprint density at radius 1 is 1.10 bits per heavy atom. The van der Waals surface area contributed by atoms with Crippen LogP contribution >= 0.6 is 27.3 Å². The largest absolute Gasteiger partial charge is 0.495 e. The average Bonchev–Trinajstić information content (AvgIpc) is 3.41. The standard InChI is InChI=1S/C21H17BrN2O4S/c1-26-16-9-10-17(27-2)19-18(16)23-21(29-19)24(12-15-4-3-11-28-15)20(25)13-5-7-14(22)8-6-13/h3-11H,12H2,1-2H3. The molecule has 0 saturated heterocycles. The Bertz CT molecular complexity index is 1100. The number of ether oxygens (including phenoxy) is 2. The second-order valence-electron chi connectivity index (χ2n) is 6.12. The number of rotatable bonds is 6. The van der Waals surface area contributed by atoms with Crippen molar-refractivity contribution in [3.63, 3.8) is 0 Å². The molecule has 6 nitrogen and oxygen atoms in total. The summed E-state index contributed by atoms with van der Waals surface area (Å²) in [7, 11) is 3.20. The van der Waals surface area contributed by atoms with Gasteiger partial charge in [-0.3, -0.25) is 9.69 Å². The van der Waals surface area contributed by atoms with Gasteiger partial charge in [0.05, 0.1) is 27.0 Å². The van der Waals surface area contributed by atoms with E-state index in [-0.39, 0.29) is 12.5 Å². The zero-order valence-corrected chi connectivity index (χ0v) is 18.1. The molecule has 148 valence electrons. The summed E-state index contributed by atoms with van der Waals surface area (Å²) in [6, 6.07) is 14.5. The molecule has 0 saturated carbocycles. The van der Waals surface area contributed by atoms with Crippen LogP contribution in [0.1, 0.15) is 16.1 Å². The van der Waals surface area contributed by atoms with Crippen molar-refractivity contribution in [3.8, 4) is 11.5 Å². The molecule has 0 unspecified atom stereocenters. The highest BCUT2D eigenvalue weighted by atomic mass is 79.9. The molecular formula is C21H17BrN2O4S.